The highest BCUT2D eigenvalue weighted by molar-refractivity contribution is 5.71. The van der Waals surface area contributed by atoms with E-state index in [1.165, 1.54) is 10.7 Å². The molecule has 3 N–H and O–H groups in total. The van der Waals surface area contributed by atoms with Gasteiger partial charge in [-0.3, -0.25) is 14.8 Å². The van der Waals surface area contributed by atoms with Crippen LogP contribution in [0.5, 0.6) is 5.75 Å². The van der Waals surface area contributed by atoms with Crippen LogP contribution in [0.2, 0.25) is 0 Å². The van der Waals surface area contributed by atoms with Crippen molar-refractivity contribution in [1.82, 2.24) is 9.78 Å². The Hall–Kier alpha value is -2.64. The van der Waals surface area contributed by atoms with Crippen LogP contribution in [0.1, 0.15) is 0 Å². The lowest BCUT2D eigenvalue weighted by Gasteiger charge is -2.02. The van der Waals surface area contributed by atoms with E-state index in [1.54, 1.807) is 7.05 Å². The monoisotopic (exact) mass is 252 g/mol. The number of nitrogens with two attached hydrogens (primary N) is 1. The fraction of sp³-hybridized carbons (Fsp3) is 0.100. The van der Waals surface area contributed by atoms with Gasteiger partial charge in [-0.05, 0) is 0 Å². The van der Waals surface area contributed by atoms with Crippen LogP contribution in [0.15, 0.2) is 18.2 Å². The molecule has 0 radical (unpaired) electrons. The van der Waals surface area contributed by atoms with Gasteiger partial charge in [-0.1, -0.05) is 0 Å². The maximum Gasteiger partial charge on any atom is 0.305 e. The molecular formula is C10H9FN4O3. The van der Waals surface area contributed by atoms with Gasteiger partial charge >= 0.3 is 5.69 Å². The first kappa shape index (κ1) is 11.8. The second-order valence-corrected chi connectivity index (χ2v) is 3.66. The van der Waals surface area contributed by atoms with Crippen LogP contribution in [0.3, 0.4) is 0 Å². The smallest absolute Gasteiger partial charge is 0.305 e. The number of phenols is 1. The summed E-state index contributed by atoms with van der Waals surface area (Å²) in [5.74, 6) is -1.22. The molecule has 0 saturated heterocycles. The largest absolute Gasteiger partial charge is 0.507 e. The predicted molar refractivity (Wildman–Crippen MR) is 61.3 cm³/mol. The maximum absolute atomic E-state index is 13.2. The maximum atomic E-state index is 13.2. The minimum Gasteiger partial charge on any atom is -0.507 e. The Morgan fingerprint density at radius 1 is 1.50 bits per heavy atom. The molecule has 2 aromatic rings. The van der Waals surface area contributed by atoms with Gasteiger partial charge < -0.3 is 10.8 Å². The number of halogens is 1. The number of benzene rings is 1. The SMILES string of the molecule is Cn1nc(-c2cc([N+](=O)[O-])c(F)cc2O)cc1N. The van der Waals surface area contributed by atoms with Crippen LogP contribution < -0.4 is 5.73 Å². The Morgan fingerprint density at radius 3 is 2.67 bits per heavy atom. The molecule has 0 bridgehead atoms. The number of nitro benzene ring substituents is 1. The van der Waals surface area contributed by atoms with Crippen LogP contribution in [0.25, 0.3) is 11.3 Å². The number of rotatable bonds is 2. The zero-order valence-corrected chi connectivity index (χ0v) is 9.29. The molecule has 0 amide bonds. The molecule has 0 unspecified atom stereocenters. The third-order valence-electron chi connectivity index (χ3n) is 2.45. The first-order chi connectivity index (χ1) is 8.40. The molecule has 1 heterocycles. The molecule has 18 heavy (non-hydrogen) atoms. The van der Waals surface area contributed by atoms with Gasteiger partial charge in [0, 0.05) is 25.2 Å². The van der Waals surface area contributed by atoms with Gasteiger partial charge in [0.05, 0.1) is 16.2 Å². The van der Waals surface area contributed by atoms with E-state index in [-0.39, 0.29) is 11.3 Å². The molecule has 0 aliphatic carbocycles. The average molecular weight is 252 g/mol. The summed E-state index contributed by atoms with van der Waals surface area (Å²) >= 11 is 0. The summed E-state index contributed by atoms with van der Waals surface area (Å²) in [6.07, 6.45) is 0. The first-order valence-corrected chi connectivity index (χ1v) is 4.87. The highest BCUT2D eigenvalue weighted by atomic mass is 19.1. The normalized spacial score (nSPS) is 10.6. The second kappa shape index (κ2) is 3.99. The van der Waals surface area contributed by atoms with Crippen molar-refractivity contribution in [2.45, 2.75) is 0 Å². The minimum absolute atomic E-state index is 0.0513. The van der Waals surface area contributed by atoms with Gasteiger partial charge in [-0.25, -0.2) is 0 Å². The molecule has 8 heteroatoms. The molecule has 0 fully saturated rings. The highest BCUT2D eigenvalue weighted by Crippen LogP contribution is 2.34. The number of nitrogen functional groups attached to an aromatic ring is 1. The van der Waals surface area contributed by atoms with E-state index in [0.717, 1.165) is 6.07 Å². The summed E-state index contributed by atoms with van der Waals surface area (Å²) in [5, 5.41) is 24.2. The predicted octanol–water partition coefficient (Wildman–Crippen LogP) is 1.42. The van der Waals surface area contributed by atoms with E-state index in [2.05, 4.69) is 5.10 Å². The van der Waals surface area contributed by atoms with Crippen LogP contribution in [0.4, 0.5) is 15.9 Å². The molecule has 2 rings (SSSR count). The zero-order valence-electron chi connectivity index (χ0n) is 9.29. The number of aromatic nitrogens is 2. The first-order valence-electron chi connectivity index (χ1n) is 4.87. The van der Waals surface area contributed by atoms with E-state index in [1.807, 2.05) is 0 Å². The summed E-state index contributed by atoms with van der Waals surface area (Å²) < 4.78 is 14.6. The van der Waals surface area contributed by atoms with Crippen molar-refractivity contribution in [3.05, 3.63) is 34.1 Å². The van der Waals surface area contributed by atoms with E-state index in [9.17, 15) is 19.6 Å². The summed E-state index contributed by atoms with van der Waals surface area (Å²) in [7, 11) is 1.58. The second-order valence-electron chi connectivity index (χ2n) is 3.66. The number of aryl methyl sites for hydroxylation is 1. The number of nitro groups is 1. The third kappa shape index (κ3) is 1.83. The quantitative estimate of drug-likeness (QED) is 0.620. The fourth-order valence-electron chi connectivity index (χ4n) is 1.51. The van der Waals surface area contributed by atoms with E-state index in [4.69, 9.17) is 5.73 Å². The van der Waals surface area contributed by atoms with Crippen molar-refractivity contribution in [2.24, 2.45) is 7.05 Å². The van der Waals surface area contributed by atoms with Crippen LogP contribution in [-0.4, -0.2) is 19.8 Å². The van der Waals surface area contributed by atoms with Crippen molar-refractivity contribution < 1.29 is 14.4 Å². The van der Waals surface area contributed by atoms with Gasteiger partial charge in [0.2, 0.25) is 5.82 Å². The topological polar surface area (TPSA) is 107 Å². The molecule has 1 aromatic heterocycles. The lowest BCUT2D eigenvalue weighted by Crippen LogP contribution is -1.97. The van der Waals surface area contributed by atoms with Gasteiger partial charge in [0.15, 0.2) is 0 Å². The zero-order chi connectivity index (χ0) is 13.4. The molecule has 0 aliphatic heterocycles. The summed E-state index contributed by atoms with van der Waals surface area (Å²) in [4.78, 5) is 9.75. The molecule has 1 aromatic carbocycles. The molecule has 0 saturated carbocycles. The Morgan fingerprint density at radius 2 is 2.17 bits per heavy atom. The summed E-state index contributed by atoms with van der Waals surface area (Å²) in [6, 6.07) is 3.03. The van der Waals surface area contributed by atoms with Gasteiger partial charge in [-0.2, -0.15) is 9.49 Å². The number of phenolic OH excluding ortho intramolecular Hbond substituents is 1. The number of hydrogen-bond acceptors (Lipinski definition) is 5. The Kier molecular flexibility index (Phi) is 2.62. The van der Waals surface area contributed by atoms with E-state index in [0.29, 0.717) is 11.9 Å². The molecule has 7 nitrogen and oxygen atoms in total. The number of nitrogens with zero attached hydrogens (tertiary/aromatic N) is 3. The fourth-order valence-corrected chi connectivity index (χ4v) is 1.51. The van der Waals surface area contributed by atoms with Crippen molar-refractivity contribution in [3.8, 4) is 17.0 Å². The van der Waals surface area contributed by atoms with Gasteiger partial charge in [0.25, 0.3) is 0 Å². The summed E-state index contributed by atoms with van der Waals surface area (Å²) in [6.45, 7) is 0. The average Bonchev–Trinajstić information content (AvgIpc) is 2.58. The Balaban J connectivity index is 2.64. The van der Waals surface area contributed by atoms with Crippen molar-refractivity contribution >= 4 is 11.5 Å². The molecule has 94 valence electrons. The molecule has 0 spiro atoms. The van der Waals surface area contributed by atoms with Crippen molar-refractivity contribution in [2.75, 3.05) is 5.73 Å². The number of anilines is 1. The minimum atomic E-state index is -1.11. The van der Waals surface area contributed by atoms with E-state index < -0.39 is 22.2 Å². The highest BCUT2D eigenvalue weighted by Gasteiger charge is 2.20. The molecule has 0 aliphatic rings. The number of hydrogen-bond donors (Lipinski definition) is 2. The molecule has 0 atom stereocenters. The van der Waals surface area contributed by atoms with Crippen molar-refractivity contribution in [3.63, 3.8) is 0 Å². The summed E-state index contributed by atoms with van der Waals surface area (Å²) in [5.41, 5.74) is 5.12. The van der Waals surface area contributed by atoms with Gasteiger partial charge in [-0.15, -0.1) is 0 Å². The van der Waals surface area contributed by atoms with Crippen LogP contribution in [-0.2, 0) is 7.05 Å². The van der Waals surface area contributed by atoms with E-state index >= 15 is 0 Å². The molecular weight excluding hydrogens is 243 g/mol. The Bertz CT molecular complexity index is 619. The standard InChI is InChI=1S/C10H9FN4O3/c1-14-10(12)4-7(13-14)5-2-8(15(17)18)6(11)3-9(5)16/h2-4,16H,12H2,1H3. The lowest BCUT2D eigenvalue weighted by molar-refractivity contribution is -0.387. The van der Waals surface area contributed by atoms with Crippen LogP contribution in [0, 0.1) is 15.9 Å². The van der Waals surface area contributed by atoms with Gasteiger partial charge in [0.1, 0.15) is 11.6 Å². The van der Waals surface area contributed by atoms with Crippen LogP contribution >= 0.6 is 0 Å². The number of aromatic hydroxyl groups is 1. The third-order valence-corrected chi connectivity index (χ3v) is 2.45. The van der Waals surface area contributed by atoms with Crippen molar-refractivity contribution in [1.29, 1.82) is 0 Å². The Labute approximate surface area is 100 Å². The lowest BCUT2D eigenvalue weighted by atomic mass is 10.1.